The summed E-state index contributed by atoms with van der Waals surface area (Å²) in [6, 6.07) is 15.9. The number of carbonyl (C=O) groups is 1. The number of hydrogen-bond donors (Lipinski definition) is 1. The van der Waals surface area contributed by atoms with Crippen molar-refractivity contribution in [3.8, 4) is 0 Å². The average molecular weight is 517 g/mol. The molecule has 0 saturated carbocycles. The zero-order valence-corrected chi connectivity index (χ0v) is 19.1. The number of sulfonamides is 1. The van der Waals surface area contributed by atoms with E-state index in [4.69, 9.17) is 23.2 Å². The summed E-state index contributed by atoms with van der Waals surface area (Å²) in [5.41, 5.74) is -0.278. The summed E-state index contributed by atoms with van der Waals surface area (Å²) in [4.78, 5) is 12.6. The van der Waals surface area contributed by atoms with E-state index >= 15 is 0 Å². The Bertz CT molecular complexity index is 1240. The van der Waals surface area contributed by atoms with Crippen molar-refractivity contribution in [2.45, 2.75) is 17.6 Å². The second-order valence-electron chi connectivity index (χ2n) is 6.96. The van der Waals surface area contributed by atoms with Gasteiger partial charge in [-0.05, 0) is 54.1 Å². The van der Waals surface area contributed by atoms with Crippen LogP contribution in [0, 0.1) is 0 Å². The van der Waals surface area contributed by atoms with Crippen LogP contribution in [0.1, 0.15) is 11.1 Å². The molecule has 0 unspecified atom stereocenters. The molecule has 3 aromatic rings. The van der Waals surface area contributed by atoms with Crippen LogP contribution in [0.3, 0.4) is 0 Å². The molecule has 0 aromatic heterocycles. The monoisotopic (exact) mass is 516 g/mol. The van der Waals surface area contributed by atoms with Crippen LogP contribution in [0.15, 0.2) is 77.7 Å². The maximum Gasteiger partial charge on any atom is 0.416 e. The van der Waals surface area contributed by atoms with Crippen LogP contribution >= 0.6 is 23.2 Å². The smallest absolute Gasteiger partial charge is 0.325 e. The SMILES string of the molecule is O=C(CN(Cc1ccc(Cl)c(Cl)c1)S(=O)(=O)c1ccccc1)Nc1ccc(C(F)(F)F)cc1. The molecule has 0 saturated heterocycles. The number of anilines is 1. The van der Waals surface area contributed by atoms with Gasteiger partial charge in [0.25, 0.3) is 0 Å². The fraction of sp³-hybridized carbons (Fsp3) is 0.136. The molecule has 0 aliphatic heterocycles. The first kappa shape index (κ1) is 25.0. The Balaban J connectivity index is 1.84. The molecule has 174 valence electrons. The summed E-state index contributed by atoms with van der Waals surface area (Å²) >= 11 is 11.9. The molecule has 3 rings (SSSR count). The summed E-state index contributed by atoms with van der Waals surface area (Å²) in [5, 5.41) is 2.93. The minimum atomic E-state index is -4.51. The van der Waals surface area contributed by atoms with E-state index in [2.05, 4.69) is 5.32 Å². The van der Waals surface area contributed by atoms with Gasteiger partial charge in [0.2, 0.25) is 15.9 Å². The number of carbonyl (C=O) groups excluding carboxylic acids is 1. The number of halogens is 5. The van der Waals surface area contributed by atoms with Crippen molar-refractivity contribution in [3.63, 3.8) is 0 Å². The second kappa shape index (κ2) is 10.1. The number of benzene rings is 3. The lowest BCUT2D eigenvalue weighted by Crippen LogP contribution is -2.37. The van der Waals surface area contributed by atoms with Crippen LogP contribution in [-0.2, 0) is 27.5 Å². The molecule has 0 heterocycles. The lowest BCUT2D eigenvalue weighted by molar-refractivity contribution is -0.137. The minimum absolute atomic E-state index is 0.0209. The van der Waals surface area contributed by atoms with Crippen molar-refractivity contribution in [3.05, 3.63) is 94.0 Å². The molecule has 33 heavy (non-hydrogen) atoms. The molecule has 11 heteroatoms. The molecule has 0 aliphatic rings. The van der Waals surface area contributed by atoms with E-state index < -0.39 is 34.2 Å². The fourth-order valence-corrected chi connectivity index (χ4v) is 4.64. The molecule has 1 N–H and O–H groups in total. The molecule has 0 radical (unpaired) electrons. The van der Waals surface area contributed by atoms with Crippen molar-refractivity contribution < 1.29 is 26.4 Å². The first-order valence-electron chi connectivity index (χ1n) is 9.43. The third kappa shape index (κ3) is 6.48. The lowest BCUT2D eigenvalue weighted by atomic mass is 10.2. The second-order valence-corrected chi connectivity index (χ2v) is 9.71. The molecule has 0 bridgehead atoms. The van der Waals surface area contributed by atoms with Gasteiger partial charge in [-0.2, -0.15) is 17.5 Å². The summed E-state index contributed by atoms with van der Waals surface area (Å²) in [6.07, 6.45) is -4.51. The first-order valence-corrected chi connectivity index (χ1v) is 11.6. The van der Waals surface area contributed by atoms with Crippen LogP contribution in [0.2, 0.25) is 10.0 Å². The van der Waals surface area contributed by atoms with E-state index in [-0.39, 0.29) is 27.2 Å². The normalized spacial score (nSPS) is 12.1. The lowest BCUT2D eigenvalue weighted by Gasteiger charge is -2.22. The van der Waals surface area contributed by atoms with Crippen molar-refractivity contribution in [1.82, 2.24) is 4.31 Å². The Kier molecular flexibility index (Phi) is 7.69. The third-order valence-corrected chi connectivity index (χ3v) is 7.08. The van der Waals surface area contributed by atoms with Gasteiger partial charge in [0.05, 0.1) is 27.0 Å². The molecule has 1 amide bonds. The Hall–Kier alpha value is -2.59. The van der Waals surface area contributed by atoms with E-state index in [0.29, 0.717) is 5.56 Å². The Labute approximate surface area is 198 Å². The maximum absolute atomic E-state index is 13.2. The van der Waals surface area contributed by atoms with Crippen LogP contribution in [-0.4, -0.2) is 25.2 Å². The molecule has 3 aromatic carbocycles. The maximum atomic E-state index is 13.2. The minimum Gasteiger partial charge on any atom is -0.325 e. The van der Waals surface area contributed by atoms with E-state index in [1.807, 2.05) is 0 Å². The summed E-state index contributed by atoms with van der Waals surface area (Å²) in [7, 11) is -4.09. The number of hydrogen-bond acceptors (Lipinski definition) is 3. The van der Waals surface area contributed by atoms with E-state index in [9.17, 15) is 26.4 Å². The van der Waals surface area contributed by atoms with Gasteiger partial charge in [0.1, 0.15) is 0 Å². The number of amides is 1. The number of alkyl halides is 3. The summed E-state index contributed by atoms with van der Waals surface area (Å²) in [6.45, 7) is -0.771. The van der Waals surface area contributed by atoms with Gasteiger partial charge < -0.3 is 5.32 Å². The largest absolute Gasteiger partial charge is 0.416 e. The number of rotatable bonds is 7. The molecule has 0 spiro atoms. The van der Waals surface area contributed by atoms with Gasteiger partial charge in [-0.15, -0.1) is 0 Å². The van der Waals surface area contributed by atoms with Crippen molar-refractivity contribution in [2.24, 2.45) is 0 Å². The zero-order chi connectivity index (χ0) is 24.2. The van der Waals surface area contributed by atoms with Gasteiger partial charge in [0.15, 0.2) is 0 Å². The Morgan fingerprint density at radius 3 is 2.12 bits per heavy atom. The predicted octanol–water partition coefficient (Wildman–Crippen LogP) is 5.84. The first-order chi connectivity index (χ1) is 15.5. The van der Waals surface area contributed by atoms with Crippen LogP contribution < -0.4 is 5.32 Å². The Morgan fingerprint density at radius 2 is 1.55 bits per heavy atom. The highest BCUT2D eigenvalue weighted by atomic mass is 35.5. The molecular weight excluding hydrogens is 500 g/mol. The third-order valence-electron chi connectivity index (χ3n) is 4.54. The van der Waals surface area contributed by atoms with Gasteiger partial charge in [-0.1, -0.05) is 47.5 Å². The van der Waals surface area contributed by atoms with Crippen molar-refractivity contribution >= 4 is 44.8 Å². The van der Waals surface area contributed by atoms with E-state index in [1.165, 1.54) is 24.3 Å². The quantitative estimate of drug-likeness (QED) is 0.428. The standard InChI is InChI=1S/C22H17Cl2F3N2O3S/c23-19-11-6-15(12-20(19)24)13-29(33(31,32)18-4-2-1-3-5-18)14-21(30)28-17-9-7-16(8-10-17)22(25,26)27/h1-12H,13-14H2,(H,28,30). The average Bonchev–Trinajstić information content (AvgIpc) is 2.76. The van der Waals surface area contributed by atoms with Crippen LogP contribution in [0.4, 0.5) is 18.9 Å². The van der Waals surface area contributed by atoms with Gasteiger partial charge in [0, 0.05) is 12.2 Å². The topological polar surface area (TPSA) is 66.5 Å². The molecule has 0 atom stereocenters. The summed E-state index contributed by atoms with van der Waals surface area (Å²) < 4.78 is 65.5. The van der Waals surface area contributed by atoms with Gasteiger partial charge in [-0.25, -0.2) is 8.42 Å². The van der Waals surface area contributed by atoms with E-state index in [0.717, 1.165) is 28.6 Å². The number of nitrogens with zero attached hydrogens (tertiary/aromatic N) is 1. The predicted molar refractivity (Wildman–Crippen MR) is 121 cm³/mol. The number of nitrogens with one attached hydrogen (secondary N) is 1. The fourth-order valence-electron chi connectivity index (χ4n) is 2.91. The highest BCUT2D eigenvalue weighted by Gasteiger charge is 2.30. The van der Waals surface area contributed by atoms with Crippen molar-refractivity contribution in [1.29, 1.82) is 0 Å². The molecule has 5 nitrogen and oxygen atoms in total. The van der Waals surface area contributed by atoms with E-state index in [1.54, 1.807) is 24.3 Å². The van der Waals surface area contributed by atoms with Crippen LogP contribution in [0.5, 0.6) is 0 Å². The highest BCUT2D eigenvalue weighted by molar-refractivity contribution is 7.89. The van der Waals surface area contributed by atoms with Gasteiger partial charge >= 0.3 is 6.18 Å². The summed E-state index contributed by atoms with van der Waals surface area (Å²) in [5.74, 6) is -0.727. The molecular formula is C22H17Cl2F3N2O3S. The molecule has 0 aliphatic carbocycles. The Morgan fingerprint density at radius 1 is 0.909 bits per heavy atom. The van der Waals surface area contributed by atoms with Gasteiger partial charge in [-0.3, -0.25) is 4.79 Å². The molecule has 0 fully saturated rings. The van der Waals surface area contributed by atoms with Crippen LogP contribution in [0.25, 0.3) is 0 Å². The zero-order valence-electron chi connectivity index (χ0n) is 16.8. The van der Waals surface area contributed by atoms with Crippen molar-refractivity contribution in [2.75, 3.05) is 11.9 Å². The highest BCUT2D eigenvalue weighted by Crippen LogP contribution is 2.30.